The molecule has 0 aromatic heterocycles. The summed E-state index contributed by atoms with van der Waals surface area (Å²) in [5, 5.41) is 2.91. The molecule has 0 atom stereocenters. The minimum atomic E-state index is 0. The van der Waals surface area contributed by atoms with Crippen molar-refractivity contribution >= 4 is 34.9 Å². The van der Waals surface area contributed by atoms with Crippen molar-refractivity contribution in [2.75, 3.05) is 58.2 Å². The van der Waals surface area contributed by atoms with E-state index in [-0.39, 0.29) is 33.9 Å². The van der Waals surface area contributed by atoms with Gasteiger partial charge in [-0.3, -0.25) is 0 Å². The number of ether oxygens (including phenoxy) is 5. The first-order chi connectivity index (χ1) is 11.3. The Morgan fingerprint density at radius 1 is 0.833 bits per heavy atom. The number of benzene rings is 1. The van der Waals surface area contributed by atoms with Gasteiger partial charge in [0.05, 0.1) is 39.6 Å². The fraction of sp³-hybridized carbons (Fsp3) is 0.533. The van der Waals surface area contributed by atoms with Crippen LogP contribution in [0.2, 0.25) is 0 Å². The molecule has 1 aromatic carbocycles. The van der Waals surface area contributed by atoms with Gasteiger partial charge in [-0.05, 0) is 12.1 Å². The van der Waals surface area contributed by atoms with Gasteiger partial charge >= 0.3 is 29.6 Å². The van der Waals surface area contributed by atoms with Crippen molar-refractivity contribution in [1.82, 2.24) is 0 Å². The molecule has 2 rings (SSSR count). The van der Waals surface area contributed by atoms with Gasteiger partial charge in [0.15, 0.2) is 11.5 Å². The summed E-state index contributed by atoms with van der Waals surface area (Å²) in [6.07, 6.45) is 0. The van der Waals surface area contributed by atoms with E-state index >= 15 is 0 Å². The van der Waals surface area contributed by atoms with Crippen LogP contribution in [0.3, 0.4) is 0 Å². The quantitative estimate of drug-likeness (QED) is 0.368. The molecule has 0 bridgehead atoms. The zero-order valence-electron chi connectivity index (χ0n) is 13.7. The summed E-state index contributed by atoms with van der Waals surface area (Å²) < 4.78 is 27.9. The van der Waals surface area contributed by atoms with Gasteiger partial charge in [0, 0.05) is 11.8 Å². The predicted octanol–water partition coefficient (Wildman–Crippen LogP) is -1.24. The zero-order chi connectivity index (χ0) is 16.3. The number of nitrogens with one attached hydrogen (secondary N) is 1. The van der Waals surface area contributed by atoms with E-state index in [1.807, 2.05) is 12.1 Å². The second kappa shape index (κ2) is 13.1. The van der Waals surface area contributed by atoms with Crippen LogP contribution < -0.4 is 44.3 Å². The summed E-state index contributed by atoms with van der Waals surface area (Å²) in [6, 6.07) is 5.45. The van der Waals surface area contributed by atoms with Crippen LogP contribution in [0.15, 0.2) is 18.2 Å². The van der Waals surface area contributed by atoms with Gasteiger partial charge in [-0.15, -0.1) is 0 Å². The molecule has 6 nitrogen and oxygen atoms in total. The largest absolute Gasteiger partial charge is 1.00 e. The first-order valence-corrected chi connectivity index (χ1v) is 8.18. The summed E-state index contributed by atoms with van der Waals surface area (Å²) in [5.41, 5.74) is 0.760. The van der Waals surface area contributed by atoms with Crippen molar-refractivity contribution < 1.29 is 53.2 Å². The van der Waals surface area contributed by atoms with Crippen LogP contribution in [0.1, 0.15) is 0 Å². The third-order valence-corrected chi connectivity index (χ3v) is 3.11. The minimum absolute atomic E-state index is 0. The topological polar surface area (TPSA) is 58.2 Å². The smallest absolute Gasteiger partial charge is 0.487 e. The molecule has 24 heavy (non-hydrogen) atoms. The minimum Gasteiger partial charge on any atom is -0.487 e. The Morgan fingerprint density at radius 2 is 1.33 bits per heavy atom. The molecule has 0 fully saturated rings. The number of fused-ring (bicyclic) bond motifs is 1. The van der Waals surface area contributed by atoms with Crippen LogP contribution in [0.5, 0.6) is 11.5 Å². The Bertz CT molecular complexity index is 507. The Kier molecular flexibility index (Phi) is 11.9. The van der Waals surface area contributed by atoms with Crippen LogP contribution >= 0.6 is 12.2 Å². The molecule has 0 spiro atoms. The Morgan fingerprint density at radius 3 is 1.88 bits per heavy atom. The van der Waals surface area contributed by atoms with Gasteiger partial charge in [0.2, 0.25) is 0 Å². The van der Waals surface area contributed by atoms with Gasteiger partial charge in [0.1, 0.15) is 13.2 Å². The molecule has 1 aromatic rings. The average Bonchev–Trinajstić information content (AvgIpc) is 2.53. The second-order valence-electron chi connectivity index (χ2n) is 4.61. The maximum atomic E-state index is 5.74. The molecule has 0 saturated heterocycles. The third-order valence-electron chi connectivity index (χ3n) is 2.90. The molecule has 128 valence electrons. The van der Waals surface area contributed by atoms with E-state index in [0.717, 1.165) is 5.69 Å². The number of rotatable bonds is 1. The van der Waals surface area contributed by atoms with E-state index in [1.165, 1.54) is 0 Å². The number of anilines is 1. The van der Waals surface area contributed by atoms with Crippen molar-refractivity contribution in [1.29, 1.82) is 0 Å². The normalized spacial score (nSPS) is 16.8. The van der Waals surface area contributed by atoms with Gasteiger partial charge in [-0.2, -0.15) is 0 Å². The average molecular weight is 381 g/mol. The van der Waals surface area contributed by atoms with Crippen molar-refractivity contribution in [3.63, 3.8) is 0 Å². The van der Waals surface area contributed by atoms with E-state index in [1.54, 1.807) is 6.07 Å². The molecule has 0 saturated carbocycles. The van der Waals surface area contributed by atoms with Crippen LogP contribution in [0, 0.1) is 0 Å². The first kappa shape index (κ1) is 21.9. The number of thiocarbonyl (C=S) groups is 1. The predicted molar refractivity (Wildman–Crippen MR) is 93.5 cm³/mol. The van der Waals surface area contributed by atoms with Gasteiger partial charge in [0.25, 0.3) is 0 Å². The molecular formula is C15H20NNaO5S2. The molecule has 1 heterocycles. The zero-order valence-corrected chi connectivity index (χ0v) is 17.4. The summed E-state index contributed by atoms with van der Waals surface area (Å²) in [4.78, 5) is 0. The fourth-order valence-electron chi connectivity index (χ4n) is 1.90. The monoisotopic (exact) mass is 381 g/mol. The van der Waals surface area contributed by atoms with Crippen molar-refractivity contribution in [3.05, 3.63) is 18.2 Å². The van der Waals surface area contributed by atoms with E-state index in [9.17, 15) is 0 Å². The van der Waals surface area contributed by atoms with Crippen LogP contribution in [-0.2, 0) is 26.8 Å². The number of hydrogen-bond donors (Lipinski definition) is 1. The van der Waals surface area contributed by atoms with Gasteiger partial charge < -0.3 is 53.8 Å². The van der Waals surface area contributed by atoms with Crippen LogP contribution in [0.4, 0.5) is 5.69 Å². The molecule has 1 aliphatic heterocycles. The fourth-order valence-corrected chi connectivity index (χ4v) is 2.13. The third kappa shape index (κ3) is 8.77. The Balaban J connectivity index is 0.00000288. The molecule has 1 aliphatic rings. The van der Waals surface area contributed by atoms with Gasteiger partial charge in [-0.25, -0.2) is 0 Å². The van der Waals surface area contributed by atoms with E-state index < -0.39 is 0 Å². The van der Waals surface area contributed by atoms with Gasteiger partial charge in [-0.1, -0.05) is 4.32 Å². The summed E-state index contributed by atoms with van der Waals surface area (Å²) in [7, 11) is 0. The first-order valence-electron chi connectivity index (χ1n) is 7.36. The maximum Gasteiger partial charge on any atom is 1.00 e. The van der Waals surface area contributed by atoms with Crippen molar-refractivity contribution in [3.8, 4) is 11.5 Å². The van der Waals surface area contributed by atoms with Crippen molar-refractivity contribution in [2.24, 2.45) is 0 Å². The van der Waals surface area contributed by atoms with E-state index in [2.05, 4.69) is 5.32 Å². The second-order valence-corrected chi connectivity index (χ2v) is 5.68. The molecule has 0 unspecified atom stereocenters. The Labute approximate surface area is 175 Å². The van der Waals surface area contributed by atoms with E-state index in [0.29, 0.717) is 64.4 Å². The molecule has 0 aliphatic carbocycles. The van der Waals surface area contributed by atoms with E-state index in [4.69, 9.17) is 48.5 Å². The summed E-state index contributed by atoms with van der Waals surface area (Å²) >= 11 is 9.75. The summed E-state index contributed by atoms with van der Waals surface area (Å²) in [6.45, 7) is 3.94. The van der Waals surface area contributed by atoms with Crippen molar-refractivity contribution in [2.45, 2.75) is 0 Å². The van der Waals surface area contributed by atoms with Crippen LogP contribution in [-0.4, -0.2) is 57.2 Å². The Hall–Kier alpha value is -0.190. The standard InChI is InChI=1S/C15H21NO5S2.Na/c22-15(23)16-12-1-2-13-14(11-12)21-10-8-19-6-4-17-3-5-18-7-9-20-13;/h1-2,11H,3-10H2,(H2,16,22,23);/q;+1/p-1. The summed E-state index contributed by atoms with van der Waals surface area (Å²) in [5.74, 6) is 1.25. The molecule has 0 amide bonds. The number of hydrogen-bond acceptors (Lipinski definition) is 7. The molecule has 1 N–H and O–H groups in total. The SMILES string of the molecule is S=C([S-])Nc1ccc2c(c1)OCCOCCOCCOCCO2.[Na+]. The molecule has 9 heteroatoms. The maximum absolute atomic E-state index is 5.74. The molecule has 0 radical (unpaired) electrons. The molecular weight excluding hydrogens is 361 g/mol. The van der Waals surface area contributed by atoms with Crippen LogP contribution in [0.25, 0.3) is 0 Å².